The number of aromatic nitrogens is 3. The van der Waals surface area contributed by atoms with Crippen molar-refractivity contribution in [2.24, 2.45) is 10.9 Å². The first-order valence-electron chi connectivity index (χ1n) is 11.1. The lowest BCUT2D eigenvalue weighted by Gasteiger charge is -2.16. The molecule has 2 aromatic carbocycles. The summed E-state index contributed by atoms with van der Waals surface area (Å²) in [5, 5.41) is 28.8. The van der Waals surface area contributed by atoms with E-state index < -0.39 is 23.7 Å². The summed E-state index contributed by atoms with van der Waals surface area (Å²) in [4.78, 5) is 18.1. The van der Waals surface area contributed by atoms with E-state index in [1.54, 1.807) is 30.4 Å². The molecular formula is C26H23FN4O3S. The molecular weight excluding hydrogens is 467 g/mol. The smallest absolute Gasteiger partial charge is 0.308 e. The Morgan fingerprint density at radius 1 is 1.09 bits per heavy atom. The Bertz CT molecular complexity index is 1500. The summed E-state index contributed by atoms with van der Waals surface area (Å²) in [6.45, 7) is 7.54. The van der Waals surface area contributed by atoms with Crippen LogP contribution in [0.25, 0.3) is 16.1 Å². The van der Waals surface area contributed by atoms with Gasteiger partial charge in [-0.3, -0.25) is 14.4 Å². The molecule has 178 valence electrons. The van der Waals surface area contributed by atoms with E-state index in [9.17, 15) is 19.4 Å². The molecule has 35 heavy (non-hydrogen) atoms. The fourth-order valence-corrected chi connectivity index (χ4v) is 5.58. The minimum absolute atomic E-state index is 0.132. The van der Waals surface area contributed by atoms with Crippen LogP contribution in [0.5, 0.6) is 5.75 Å². The van der Waals surface area contributed by atoms with E-state index in [0.717, 1.165) is 32.6 Å². The first-order chi connectivity index (χ1) is 16.7. The Morgan fingerprint density at radius 2 is 1.77 bits per heavy atom. The lowest BCUT2D eigenvalue weighted by molar-refractivity contribution is -0.141. The number of carboxylic acid groups (broad SMARTS) is 1. The monoisotopic (exact) mass is 490 g/mol. The van der Waals surface area contributed by atoms with Gasteiger partial charge in [0.25, 0.3) is 0 Å². The number of phenols is 1. The number of thiophene rings is 1. The Balaban J connectivity index is 1.71. The van der Waals surface area contributed by atoms with Crippen molar-refractivity contribution in [3.63, 3.8) is 0 Å². The van der Waals surface area contributed by atoms with Crippen LogP contribution in [0.15, 0.2) is 47.5 Å². The number of nitrogens with zero attached hydrogens (tertiary/aromatic N) is 4. The lowest BCUT2D eigenvalue weighted by atomic mass is 9.96. The highest BCUT2D eigenvalue weighted by molar-refractivity contribution is 7.15. The number of aryl methyl sites for hydroxylation is 2. The number of hydrogen-bond donors (Lipinski definition) is 2. The molecule has 1 aliphatic rings. The lowest BCUT2D eigenvalue weighted by Crippen LogP contribution is -2.21. The van der Waals surface area contributed by atoms with Gasteiger partial charge in [0.1, 0.15) is 28.4 Å². The molecule has 0 radical (unpaired) electrons. The predicted octanol–water partition coefficient (Wildman–Crippen LogP) is 5.38. The number of aliphatic carboxylic acids is 1. The van der Waals surface area contributed by atoms with Crippen LogP contribution < -0.4 is 0 Å². The van der Waals surface area contributed by atoms with Crippen LogP contribution in [-0.4, -0.2) is 36.7 Å². The molecule has 5 rings (SSSR count). The third-order valence-electron chi connectivity index (χ3n) is 6.47. The molecule has 0 aliphatic carbocycles. The third kappa shape index (κ3) is 3.72. The fraction of sp³-hybridized carbons (Fsp3) is 0.231. The van der Waals surface area contributed by atoms with Crippen LogP contribution in [0, 0.1) is 32.5 Å². The van der Waals surface area contributed by atoms with E-state index in [4.69, 9.17) is 4.99 Å². The van der Waals surface area contributed by atoms with Crippen molar-refractivity contribution in [3.05, 3.63) is 81.5 Å². The van der Waals surface area contributed by atoms with Crippen molar-refractivity contribution in [1.29, 1.82) is 0 Å². The molecule has 0 bridgehead atoms. The van der Waals surface area contributed by atoms with Gasteiger partial charge in [-0.2, -0.15) is 0 Å². The van der Waals surface area contributed by atoms with Crippen LogP contribution in [-0.2, 0) is 4.79 Å². The Hall–Kier alpha value is -3.85. The molecule has 3 heterocycles. The quantitative estimate of drug-likeness (QED) is 0.400. The molecule has 4 aromatic rings. The largest absolute Gasteiger partial charge is 0.508 e. The number of aromatic hydroxyl groups is 1. The summed E-state index contributed by atoms with van der Waals surface area (Å²) < 4.78 is 16.3. The number of rotatable bonds is 4. The highest BCUT2D eigenvalue weighted by Crippen LogP contribution is 2.40. The summed E-state index contributed by atoms with van der Waals surface area (Å²) in [7, 11) is 0. The number of carboxylic acids is 1. The molecule has 0 saturated carbocycles. The number of phenolic OH excluding ortho intramolecular Hbond substituents is 1. The predicted molar refractivity (Wildman–Crippen MR) is 132 cm³/mol. The van der Waals surface area contributed by atoms with E-state index in [-0.39, 0.29) is 5.75 Å². The maximum Gasteiger partial charge on any atom is 0.308 e. The van der Waals surface area contributed by atoms with Crippen molar-refractivity contribution in [2.75, 3.05) is 0 Å². The summed E-state index contributed by atoms with van der Waals surface area (Å²) in [6.07, 6.45) is 0. The van der Waals surface area contributed by atoms with E-state index >= 15 is 0 Å². The van der Waals surface area contributed by atoms with E-state index in [2.05, 4.69) is 10.2 Å². The standard InChI is InChI=1S/C26H23FN4O3S/c1-12-14(3)35-25-21(12)23(28-22(13(2)26(33)34)24-30-29-15(4)31(24)25)17-7-5-16(6-8-17)19-10-9-18(32)11-20(19)27/h5-11,13,22,32H,1-4H3,(H,33,34)/t13?,22-/m0/s1. The topological polar surface area (TPSA) is 101 Å². The highest BCUT2D eigenvalue weighted by atomic mass is 32.1. The van der Waals surface area contributed by atoms with Crippen LogP contribution >= 0.6 is 11.3 Å². The van der Waals surface area contributed by atoms with Gasteiger partial charge >= 0.3 is 5.97 Å². The number of halogens is 1. The second-order valence-electron chi connectivity index (χ2n) is 8.70. The van der Waals surface area contributed by atoms with Crippen molar-refractivity contribution in [2.45, 2.75) is 33.7 Å². The van der Waals surface area contributed by atoms with Gasteiger partial charge in [0.2, 0.25) is 0 Å². The van der Waals surface area contributed by atoms with Crippen molar-refractivity contribution >= 4 is 23.0 Å². The molecule has 0 saturated heterocycles. The number of hydrogen-bond acceptors (Lipinski definition) is 6. The van der Waals surface area contributed by atoms with Gasteiger partial charge in [0, 0.05) is 27.6 Å². The average Bonchev–Trinajstić information content (AvgIpc) is 3.28. The van der Waals surface area contributed by atoms with Gasteiger partial charge in [-0.05, 0) is 51.0 Å². The van der Waals surface area contributed by atoms with Gasteiger partial charge in [0.15, 0.2) is 5.82 Å². The molecule has 0 spiro atoms. The minimum atomic E-state index is -0.971. The summed E-state index contributed by atoms with van der Waals surface area (Å²) >= 11 is 1.60. The second-order valence-corrected chi connectivity index (χ2v) is 9.90. The van der Waals surface area contributed by atoms with Crippen LogP contribution in [0.1, 0.15) is 46.2 Å². The molecule has 2 N–H and O–H groups in total. The number of carbonyl (C=O) groups is 1. The molecule has 2 atom stereocenters. The van der Waals surface area contributed by atoms with Crippen molar-refractivity contribution in [3.8, 4) is 21.9 Å². The van der Waals surface area contributed by atoms with Crippen molar-refractivity contribution < 1.29 is 19.4 Å². The fourth-order valence-electron chi connectivity index (χ4n) is 4.36. The van der Waals surface area contributed by atoms with E-state index in [0.29, 0.717) is 28.5 Å². The molecule has 1 aliphatic heterocycles. The summed E-state index contributed by atoms with van der Waals surface area (Å²) in [5.41, 5.74) is 4.46. The van der Waals surface area contributed by atoms with Crippen LogP contribution in [0.4, 0.5) is 4.39 Å². The van der Waals surface area contributed by atoms with Gasteiger partial charge in [-0.1, -0.05) is 24.3 Å². The number of benzene rings is 2. The second kappa shape index (κ2) is 8.42. The number of aliphatic imine (C=N–C) groups is 1. The number of fused-ring (bicyclic) bond motifs is 3. The SMILES string of the molecule is Cc1sc2c(c1C)C(c1ccc(-c3ccc(O)cc3F)cc1)=N[C@@H](C(C)C(=O)O)c1nnc(C)n1-2. The minimum Gasteiger partial charge on any atom is -0.508 e. The molecule has 1 unspecified atom stereocenters. The first kappa shape index (κ1) is 22.9. The maximum atomic E-state index is 14.4. The van der Waals surface area contributed by atoms with Gasteiger partial charge in [-0.25, -0.2) is 4.39 Å². The van der Waals surface area contributed by atoms with Gasteiger partial charge < -0.3 is 10.2 Å². The van der Waals surface area contributed by atoms with Crippen molar-refractivity contribution in [1.82, 2.24) is 14.8 Å². The molecule has 0 fully saturated rings. The van der Waals surface area contributed by atoms with Gasteiger partial charge in [0.05, 0.1) is 11.6 Å². The van der Waals surface area contributed by atoms with Crippen LogP contribution in [0.3, 0.4) is 0 Å². The zero-order valence-corrected chi connectivity index (χ0v) is 20.4. The highest BCUT2D eigenvalue weighted by Gasteiger charge is 2.36. The molecule has 7 nitrogen and oxygen atoms in total. The zero-order valence-electron chi connectivity index (χ0n) is 19.6. The molecule has 9 heteroatoms. The summed E-state index contributed by atoms with van der Waals surface area (Å²) in [6, 6.07) is 10.6. The average molecular weight is 491 g/mol. The van der Waals surface area contributed by atoms with Crippen LogP contribution in [0.2, 0.25) is 0 Å². The Kier molecular flexibility index (Phi) is 5.52. The zero-order chi connectivity index (χ0) is 25.0. The maximum absolute atomic E-state index is 14.4. The normalized spacial score (nSPS) is 15.7. The first-order valence-corrected chi connectivity index (χ1v) is 11.9. The Labute approximate surface area is 205 Å². The van der Waals surface area contributed by atoms with E-state index in [1.165, 1.54) is 12.1 Å². The van der Waals surface area contributed by atoms with E-state index in [1.807, 2.05) is 37.5 Å². The molecule has 2 aromatic heterocycles. The Morgan fingerprint density at radius 3 is 2.43 bits per heavy atom. The summed E-state index contributed by atoms with van der Waals surface area (Å²) in [5.74, 6) is -1.28. The third-order valence-corrected chi connectivity index (χ3v) is 7.67. The molecule has 0 amide bonds. The van der Waals surface area contributed by atoms with Gasteiger partial charge in [-0.15, -0.1) is 21.5 Å².